The average Bonchev–Trinajstić information content (AvgIpc) is 2.35. The van der Waals surface area contributed by atoms with Gasteiger partial charge in [0, 0.05) is 16.2 Å². The van der Waals surface area contributed by atoms with Gasteiger partial charge in [-0.25, -0.2) is 0 Å². The third-order valence-corrected chi connectivity index (χ3v) is 3.65. The number of hydrogen-bond acceptors (Lipinski definition) is 2. The number of unbranched alkanes of at least 4 members (excludes halogenated alkanes) is 3. The summed E-state index contributed by atoms with van der Waals surface area (Å²) in [6.07, 6.45) is 6.40. The van der Waals surface area contributed by atoms with E-state index in [-0.39, 0.29) is 0 Å². The number of anilines is 1. The Morgan fingerprint density at radius 3 is 2.72 bits per heavy atom. The Balaban J connectivity index is 2.42. The van der Waals surface area contributed by atoms with Crippen molar-refractivity contribution < 1.29 is 0 Å². The van der Waals surface area contributed by atoms with E-state index in [4.69, 9.17) is 5.26 Å². The number of benzene rings is 1. The lowest BCUT2D eigenvalue weighted by molar-refractivity contribution is 0.594. The maximum atomic E-state index is 8.86. The highest BCUT2D eigenvalue weighted by Crippen LogP contribution is 2.22. The van der Waals surface area contributed by atoms with E-state index in [9.17, 15) is 0 Å². The molecule has 0 radical (unpaired) electrons. The summed E-state index contributed by atoms with van der Waals surface area (Å²) in [6.45, 7) is 4.44. The van der Waals surface area contributed by atoms with E-state index in [0.717, 1.165) is 10.2 Å². The van der Waals surface area contributed by atoms with Crippen LogP contribution in [0.5, 0.6) is 0 Å². The van der Waals surface area contributed by atoms with Crippen molar-refractivity contribution in [1.29, 1.82) is 5.26 Å². The Kier molecular flexibility index (Phi) is 6.82. The van der Waals surface area contributed by atoms with Crippen LogP contribution in [0.1, 0.15) is 51.5 Å². The first kappa shape index (κ1) is 15.0. The van der Waals surface area contributed by atoms with Gasteiger partial charge in [0.15, 0.2) is 0 Å². The van der Waals surface area contributed by atoms with Crippen molar-refractivity contribution >= 4 is 21.6 Å². The second kappa shape index (κ2) is 8.16. The van der Waals surface area contributed by atoms with Crippen LogP contribution >= 0.6 is 15.9 Å². The first-order chi connectivity index (χ1) is 8.67. The lowest BCUT2D eigenvalue weighted by atomic mass is 10.1. The molecule has 0 heterocycles. The van der Waals surface area contributed by atoms with Gasteiger partial charge in [0.1, 0.15) is 6.07 Å². The monoisotopic (exact) mass is 308 g/mol. The number of nitrogens with zero attached hydrogens (tertiary/aromatic N) is 1. The predicted molar refractivity (Wildman–Crippen MR) is 80.7 cm³/mol. The van der Waals surface area contributed by atoms with Crippen LogP contribution in [0, 0.1) is 11.3 Å². The molecule has 1 atom stereocenters. The van der Waals surface area contributed by atoms with Crippen LogP contribution in [0.15, 0.2) is 22.7 Å². The van der Waals surface area contributed by atoms with Gasteiger partial charge in [0.25, 0.3) is 0 Å². The zero-order valence-corrected chi connectivity index (χ0v) is 12.8. The summed E-state index contributed by atoms with van der Waals surface area (Å²) in [6, 6.07) is 8.40. The third kappa shape index (κ3) is 5.10. The topological polar surface area (TPSA) is 35.8 Å². The molecule has 0 spiro atoms. The van der Waals surface area contributed by atoms with E-state index in [1.807, 2.05) is 18.2 Å². The van der Waals surface area contributed by atoms with Crippen LogP contribution in [-0.4, -0.2) is 6.04 Å². The zero-order valence-electron chi connectivity index (χ0n) is 11.2. The van der Waals surface area contributed by atoms with Gasteiger partial charge in [0.05, 0.1) is 5.56 Å². The summed E-state index contributed by atoms with van der Waals surface area (Å²) in [4.78, 5) is 0. The predicted octanol–water partition coefficient (Wildman–Crippen LogP) is 5.09. The van der Waals surface area contributed by atoms with Gasteiger partial charge in [-0.15, -0.1) is 0 Å². The van der Waals surface area contributed by atoms with E-state index in [0.29, 0.717) is 11.6 Å². The first-order valence-corrected chi connectivity index (χ1v) is 7.43. The largest absolute Gasteiger partial charge is 0.383 e. The summed E-state index contributed by atoms with van der Waals surface area (Å²) in [5.74, 6) is 0. The maximum Gasteiger partial charge on any atom is 0.100 e. The number of rotatable bonds is 7. The van der Waals surface area contributed by atoms with Crippen LogP contribution in [-0.2, 0) is 0 Å². The van der Waals surface area contributed by atoms with Crippen molar-refractivity contribution in [3.8, 4) is 6.07 Å². The highest BCUT2D eigenvalue weighted by molar-refractivity contribution is 9.10. The van der Waals surface area contributed by atoms with Crippen molar-refractivity contribution in [2.24, 2.45) is 0 Å². The molecule has 2 nitrogen and oxygen atoms in total. The fraction of sp³-hybridized carbons (Fsp3) is 0.533. The van der Waals surface area contributed by atoms with Crippen LogP contribution in [0.25, 0.3) is 0 Å². The molecule has 0 aliphatic rings. The molecule has 98 valence electrons. The number of nitriles is 1. The van der Waals surface area contributed by atoms with Gasteiger partial charge in [-0.2, -0.15) is 5.26 Å². The quantitative estimate of drug-likeness (QED) is 0.712. The molecule has 0 aliphatic heterocycles. The number of hydrogen-bond donors (Lipinski definition) is 1. The molecule has 0 aromatic heterocycles. The summed E-state index contributed by atoms with van der Waals surface area (Å²) in [7, 11) is 0. The molecule has 0 bridgehead atoms. The van der Waals surface area contributed by atoms with Crippen LogP contribution in [0.3, 0.4) is 0 Å². The third-order valence-electron chi connectivity index (χ3n) is 2.99. The molecule has 0 aliphatic carbocycles. The lowest BCUT2D eigenvalue weighted by Gasteiger charge is -2.15. The molecule has 1 unspecified atom stereocenters. The van der Waals surface area contributed by atoms with Crippen LogP contribution in [0.2, 0.25) is 0 Å². The maximum absolute atomic E-state index is 8.86. The number of nitrogens with one attached hydrogen (secondary N) is 1. The minimum absolute atomic E-state index is 0.474. The molecule has 0 saturated heterocycles. The highest BCUT2D eigenvalue weighted by atomic mass is 79.9. The van der Waals surface area contributed by atoms with Crippen molar-refractivity contribution in [3.05, 3.63) is 28.2 Å². The minimum atomic E-state index is 0.474. The second-order valence-corrected chi connectivity index (χ2v) is 5.56. The van der Waals surface area contributed by atoms with E-state index in [1.54, 1.807) is 0 Å². The number of halogens is 1. The summed E-state index contributed by atoms with van der Waals surface area (Å²) >= 11 is 3.41. The molecule has 0 saturated carbocycles. The summed E-state index contributed by atoms with van der Waals surface area (Å²) < 4.78 is 0.855. The molecule has 1 aromatic carbocycles. The van der Waals surface area contributed by atoms with Crippen molar-refractivity contribution in [3.63, 3.8) is 0 Å². The minimum Gasteiger partial charge on any atom is -0.383 e. The fourth-order valence-corrected chi connectivity index (χ4v) is 2.40. The SMILES string of the molecule is CCCCCCC(C)Nc1ccc(C#N)c(Br)c1. The normalized spacial score (nSPS) is 11.9. The smallest absolute Gasteiger partial charge is 0.100 e. The first-order valence-electron chi connectivity index (χ1n) is 6.63. The molecule has 1 N–H and O–H groups in total. The van der Waals surface area contributed by atoms with Gasteiger partial charge in [-0.3, -0.25) is 0 Å². The lowest BCUT2D eigenvalue weighted by Crippen LogP contribution is -2.14. The average molecular weight is 309 g/mol. The van der Waals surface area contributed by atoms with Crippen molar-refractivity contribution in [1.82, 2.24) is 0 Å². The molecular formula is C15H21BrN2. The van der Waals surface area contributed by atoms with Crippen molar-refractivity contribution in [2.45, 2.75) is 52.0 Å². The van der Waals surface area contributed by atoms with Gasteiger partial charge in [-0.05, 0) is 47.5 Å². The Hall–Kier alpha value is -1.01. The van der Waals surface area contributed by atoms with Crippen molar-refractivity contribution in [2.75, 3.05) is 5.32 Å². The molecule has 18 heavy (non-hydrogen) atoms. The standard InChI is InChI=1S/C15H21BrN2/c1-3-4-5-6-7-12(2)18-14-9-8-13(11-17)15(16)10-14/h8-10,12,18H,3-7H2,1-2H3. The molecular weight excluding hydrogens is 288 g/mol. The molecule has 1 aromatic rings. The van der Waals surface area contributed by atoms with E-state index < -0.39 is 0 Å². The summed E-state index contributed by atoms with van der Waals surface area (Å²) in [5.41, 5.74) is 1.75. The van der Waals surface area contributed by atoms with E-state index in [1.165, 1.54) is 32.1 Å². The highest BCUT2D eigenvalue weighted by Gasteiger charge is 2.04. The summed E-state index contributed by atoms with van der Waals surface area (Å²) in [5, 5.41) is 12.3. The van der Waals surface area contributed by atoms with Crippen LogP contribution in [0.4, 0.5) is 5.69 Å². The molecule has 0 amide bonds. The second-order valence-electron chi connectivity index (χ2n) is 4.70. The fourth-order valence-electron chi connectivity index (χ4n) is 1.93. The molecule has 3 heteroatoms. The molecule has 1 rings (SSSR count). The van der Waals surface area contributed by atoms with E-state index in [2.05, 4.69) is 41.2 Å². The van der Waals surface area contributed by atoms with Gasteiger partial charge < -0.3 is 5.32 Å². The van der Waals surface area contributed by atoms with Gasteiger partial charge >= 0.3 is 0 Å². The Morgan fingerprint density at radius 2 is 2.11 bits per heavy atom. The van der Waals surface area contributed by atoms with Gasteiger partial charge in [-0.1, -0.05) is 32.6 Å². The van der Waals surface area contributed by atoms with Gasteiger partial charge in [0.2, 0.25) is 0 Å². The zero-order chi connectivity index (χ0) is 13.4. The van der Waals surface area contributed by atoms with E-state index >= 15 is 0 Å². The Labute approximate surface area is 119 Å². The Morgan fingerprint density at radius 1 is 1.33 bits per heavy atom. The molecule has 0 fully saturated rings. The Bertz CT molecular complexity index is 409. The van der Waals surface area contributed by atoms with Crippen LogP contribution < -0.4 is 5.32 Å².